The van der Waals surface area contributed by atoms with E-state index in [-0.39, 0.29) is 5.97 Å². The minimum atomic E-state index is -0.328. The number of esters is 1. The molecule has 78 valence electrons. The predicted octanol–water partition coefficient (Wildman–Crippen LogP) is 2.05. The highest BCUT2D eigenvalue weighted by Gasteiger charge is 2.08. The van der Waals surface area contributed by atoms with Gasteiger partial charge in [0.05, 0.1) is 12.2 Å². The van der Waals surface area contributed by atoms with Gasteiger partial charge in [-0.2, -0.15) is 0 Å². The lowest BCUT2D eigenvalue weighted by Gasteiger charge is -2.00. The van der Waals surface area contributed by atoms with Crippen LogP contribution in [0.15, 0.2) is 18.3 Å². The number of H-pyrrole nitrogens is 1. The van der Waals surface area contributed by atoms with E-state index in [9.17, 15) is 4.79 Å². The number of pyridine rings is 1. The second-order valence-corrected chi connectivity index (χ2v) is 3.33. The van der Waals surface area contributed by atoms with Gasteiger partial charge in [0.15, 0.2) is 0 Å². The van der Waals surface area contributed by atoms with Crippen molar-refractivity contribution in [2.75, 3.05) is 6.61 Å². The Morgan fingerprint density at radius 2 is 2.33 bits per heavy atom. The molecule has 0 aliphatic heterocycles. The lowest BCUT2D eigenvalue weighted by molar-refractivity contribution is 0.0526. The molecule has 4 nitrogen and oxygen atoms in total. The van der Waals surface area contributed by atoms with Crippen molar-refractivity contribution in [1.82, 2.24) is 9.97 Å². The number of carbonyl (C=O) groups is 1. The van der Waals surface area contributed by atoms with Crippen LogP contribution in [0.1, 0.15) is 23.0 Å². The minimum Gasteiger partial charge on any atom is -0.462 e. The van der Waals surface area contributed by atoms with E-state index in [1.807, 2.05) is 13.0 Å². The summed E-state index contributed by atoms with van der Waals surface area (Å²) in [6, 6.07) is 3.73. The third-order valence-corrected chi connectivity index (χ3v) is 2.12. The Labute approximate surface area is 87.3 Å². The van der Waals surface area contributed by atoms with E-state index in [0.29, 0.717) is 12.2 Å². The van der Waals surface area contributed by atoms with Gasteiger partial charge in [0.25, 0.3) is 0 Å². The van der Waals surface area contributed by atoms with E-state index in [0.717, 1.165) is 16.7 Å². The summed E-state index contributed by atoms with van der Waals surface area (Å²) in [5.41, 5.74) is 2.31. The fraction of sp³-hybridized carbons (Fsp3) is 0.273. The van der Waals surface area contributed by atoms with E-state index in [4.69, 9.17) is 4.74 Å². The number of nitrogens with zero attached hydrogens (tertiary/aromatic N) is 1. The minimum absolute atomic E-state index is 0.328. The second kappa shape index (κ2) is 3.73. The molecule has 2 heterocycles. The van der Waals surface area contributed by atoms with E-state index in [1.165, 1.54) is 6.20 Å². The number of ether oxygens (including phenoxy) is 1. The number of hydrogen-bond donors (Lipinski definition) is 1. The van der Waals surface area contributed by atoms with Crippen molar-refractivity contribution in [2.24, 2.45) is 0 Å². The number of nitrogens with one attached hydrogen (secondary N) is 1. The van der Waals surface area contributed by atoms with Crippen LogP contribution in [0.2, 0.25) is 0 Å². The molecule has 0 aliphatic rings. The molecule has 0 aromatic carbocycles. The van der Waals surface area contributed by atoms with Gasteiger partial charge < -0.3 is 9.72 Å². The highest BCUT2D eigenvalue weighted by molar-refractivity contribution is 5.93. The topological polar surface area (TPSA) is 55.0 Å². The highest BCUT2D eigenvalue weighted by atomic mass is 16.5. The van der Waals surface area contributed by atoms with Gasteiger partial charge in [0.2, 0.25) is 0 Å². The number of aromatic amines is 1. The van der Waals surface area contributed by atoms with E-state index < -0.39 is 0 Å². The number of fused-ring (bicyclic) bond motifs is 1. The van der Waals surface area contributed by atoms with Crippen molar-refractivity contribution < 1.29 is 9.53 Å². The Morgan fingerprint density at radius 3 is 3.07 bits per heavy atom. The van der Waals surface area contributed by atoms with Gasteiger partial charge in [-0.05, 0) is 26.0 Å². The van der Waals surface area contributed by atoms with Crippen LogP contribution in [0.25, 0.3) is 11.0 Å². The normalized spacial score (nSPS) is 10.5. The van der Waals surface area contributed by atoms with Crippen molar-refractivity contribution >= 4 is 17.0 Å². The molecule has 2 aromatic heterocycles. The quantitative estimate of drug-likeness (QED) is 0.761. The molecule has 2 aromatic rings. The molecular weight excluding hydrogens is 192 g/mol. The number of rotatable bonds is 2. The van der Waals surface area contributed by atoms with Crippen molar-refractivity contribution in [3.8, 4) is 0 Å². The number of carbonyl (C=O) groups excluding carboxylic acids is 1. The lowest BCUT2D eigenvalue weighted by Crippen LogP contribution is -2.04. The Balaban J connectivity index is 2.41. The van der Waals surface area contributed by atoms with Crippen molar-refractivity contribution in [3.63, 3.8) is 0 Å². The van der Waals surface area contributed by atoms with Crippen LogP contribution in [-0.2, 0) is 4.74 Å². The number of hydrogen-bond acceptors (Lipinski definition) is 3. The highest BCUT2D eigenvalue weighted by Crippen LogP contribution is 2.14. The Morgan fingerprint density at radius 1 is 1.53 bits per heavy atom. The molecule has 0 spiro atoms. The van der Waals surface area contributed by atoms with Gasteiger partial charge >= 0.3 is 5.97 Å². The average molecular weight is 204 g/mol. The van der Waals surface area contributed by atoms with E-state index >= 15 is 0 Å². The Bertz CT molecular complexity index is 502. The molecular formula is C11H12N2O2. The molecule has 0 saturated heterocycles. The van der Waals surface area contributed by atoms with E-state index in [1.54, 1.807) is 13.0 Å². The van der Waals surface area contributed by atoms with Crippen LogP contribution in [-0.4, -0.2) is 22.5 Å². The monoisotopic (exact) mass is 204 g/mol. The second-order valence-electron chi connectivity index (χ2n) is 3.33. The van der Waals surface area contributed by atoms with Crippen LogP contribution in [0.4, 0.5) is 0 Å². The summed E-state index contributed by atoms with van der Waals surface area (Å²) < 4.78 is 4.89. The van der Waals surface area contributed by atoms with Gasteiger partial charge in [-0.15, -0.1) is 0 Å². The van der Waals surface area contributed by atoms with Crippen LogP contribution < -0.4 is 0 Å². The summed E-state index contributed by atoms with van der Waals surface area (Å²) in [5, 5.41) is 0.929. The summed E-state index contributed by atoms with van der Waals surface area (Å²) in [6.45, 7) is 4.11. The first kappa shape index (κ1) is 9.71. The van der Waals surface area contributed by atoms with Gasteiger partial charge in [-0.3, -0.25) is 0 Å². The Kier molecular flexibility index (Phi) is 2.41. The van der Waals surface area contributed by atoms with Crippen molar-refractivity contribution in [1.29, 1.82) is 0 Å². The number of aromatic nitrogens is 2. The van der Waals surface area contributed by atoms with Crippen molar-refractivity contribution in [2.45, 2.75) is 13.8 Å². The fourth-order valence-electron chi connectivity index (χ4n) is 1.48. The van der Waals surface area contributed by atoms with Crippen molar-refractivity contribution in [3.05, 3.63) is 29.6 Å². The van der Waals surface area contributed by atoms with Crippen LogP contribution >= 0.6 is 0 Å². The number of aryl methyl sites for hydroxylation is 1. The molecule has 1 N–H and O–H groups in total. The first-order chi connectivity index (χ1) is 7.20. The maximum absolute atomic E-state index is 11.4. The lowest BCUT2D eigenvalue weighted by atomic mass is 10.2. The molecule has 0 atom stereocenters. The van der Waals surface area contributed by atoms with Crippen LogP contribution in [0.3, 0.4) is 0 Å². The van der Waals surface area contributed by atoms with Gasteiger partial charge in [-0.25, -0.2) is 9.78 Å². The third-order valence-electron chi connectivity index (χ3n) is 2.12. The molecule has 0 amide bonds. The molecule has 0 radical (unpaired) electrons. The summed E-state index contributed by atoms with van der Waals surface area (Å²) in [7, 11) is 0. The maximum atomic E-state index is 11.4. The van der Waals surface area contributed by atoms with Crippen LogP contribution in [0, 0.1) is 6.92 Å². The smallest absolute Gasteiger partial charge is 0.339 e. The average Bonchev–Trinajstić information content (AvgIpc) is 2.57. The molecule has 0 bridgehead atoms. The first-order valence-electron chi connectivity index (χ1n) is 4.83. The molecule has 15 heavy (non-hydrogen) atoms. The SMILES string of the molecule is CCOC(=O)c1cnc2[nH]c(C)cc2c1. The summed E-state index contributed by atoms with van der Waals surface area (Å²) in [5.74, 6) is -0.328. The fourth-order valence-corrected chi connectivity index (χ4v) is 1.48. The largest absolute Gasteiger partial charge is 0.462 e. The van der Waals surface area contributed by atoms with Gasteiger partial charge in [0, 0.05) is 17.3 Å². The third kappa shape index (κ3) is 1.83. The van der Waals surface area contributed by atoms with Gasteiger partial charge in [0.1, 0.15) is 5.65 Å². The first-order valence-corrected chi connectivity index (χ1v) is 4.83. The maximum Gasteiger partial charge on any atom is 0.339 e. The zero-order valence-electron chi connectivity index (χ0n) is 8.70. The molecule has 4 heteroatoms. The molecule has 0 fully saturated rings. The standard InChI is InChI=1S/C11H12N2O2/c1-3-15-11(14)9-5-8-4-7(2)13-10(8)12-6-9/h4-6H,3H2,1-2H3,(H,12,13). The molecule has 2 rings (SSSR count). The molecule has 0 unspecified atom stereocenters. The van der Waals surface area contributed by atoms with E-state index in [2.05, 4.69) is 9.97 Å². The Hall–Kier alpha value is -1.84. The zero-order chi connectivity index (χ0) is 10.8. The van der Waals surface area contributed by atoms with Gasteiger partial charge in [-0.1, -0.05) is 0 Å². The summed E-state index contributed by atoms with van der Waals surface area (Å²) >= 11 is 0. The van der Waals surface area contributed by atoms with Crippen LogP contribution in [0.5, 0.6) is 0 Å². The summed E-state index contributed by atoms with van der Waals surface area (Å²) in [6.07, 6.45) is 1.52. The summed E-state index contributed by atoms with van der Waals surface area (Å²) in [4.78, 5) is 18.7. The molecule has 0 aliphatic carbocycles. The zero-order valence-corrected chi connectivity index (χ0v) is 8.70. The predicted molar refractivity (Wildman–Crippen MR) is 56.8 cm³/mol. The molecule has 0 saturated carbocycles.